The summed E-state index contributed by atoms with van der Waals surface area (Å²) in [5.74, 6) is -0.374. The standard InChI is InChI=1S/C30H28FN9O3S/c1-30(2,3)29(41)36-20-10-17(12-33-14-20)18-11-21-24(39-40-27(21)35-13-18)28-37-22-5-6-34-23(25(22)38-28)15-7-16(9-19(31)8-15)26(32)44(4,42)43/h5-14,26H,32H2,1-4H3,(H,36,41)(H,37,38)(H,35,39,40). The molecular weight excluding hydrogens is 585 g/mol. The van der Waals surface area contributed by atoms with E-state index in [9.17, 15) is 17.6 Å². The Morgan fingerprint density at radius 2 is 1.77 bits per heavy atom. The molecular formula is C30H28FN9O3S. The molecule has 0 aliphatic rings. The van der Waals surface area contributed by atoms with E-state index in [1.165, 1.54) is 12.1 Å². The zero-order valence-corrected chi connectivity index (χ0v) is 25.0. The molecule has 0 radical (unpaired) electrons. The van der Waals surface area contributed by atoms with Crippen LogP contribution in [0.4, 0.5) is 10.1 Å². The van der Waals surface area contributed by atoms with Gasteiger partial charge in [0.2, 0.25) is 5.91 Å². The molecule has 224 valence electrons. The van der Waals surface area contributed by atoms with Gasteiger partial charge in [-0.25, -0.2) is 22.8 Å². The number of nitrogens with one attached hydrogen (secondary N) is 3. The van der Waals surface area contributed by atoms with Crippen molar-refractivity contribution in [2.75, 3.05) is 11.6 Å². The maximum Gasteiger partial charge on any atom is 0.229 e. The second-order valence-electron chi connectivity index (χ2n) is 11.5. The first-order valence-electron chi connectivity index (χ1n) is 13.5. The number of aromatic nitrogens is 7. The average Bonchev–Trinajstić information content (AvgIpc) is 3.59. The first-order chi connectivity index (χ1) is 20.8. The normalized spacial score (nSPS) is 13.0. The predicted molar refractivity (Wildman–Crippen MR) is 165 cm³/mol. The van der Waals surface area contributed by atoms with Crippen molar-refractivity contribution in [3.8, 4) is 33.9 Å². The lowest BCUT2D eigenvalue weighted by Crippen LogP contribution is -2.27. The zero-order chi connectivity index (χ0) is 31.4. The van der Waals surface area contributed by atoms with Crippen LogP contribution in [-0.2, 0) is 14.6 Å². The number of aromatic amines is 2. The van der Waals surface area contributed by atoms with Crippen molar-refractivity contribution in [1.29, 1.82) is 0 Å². The summed E-state index contributed by atoms with van der Waals surface area (Å²) in [7, 11) is -3.67. The summed E-state index contributed by atoms with van der Waals surface area (Å²) in [5.41, 5.74) is 10.2. The molecule has 44 heavy (non-hydrogen) atoms. The fourth-order valence-electron chi connectivity index (χ4n) is 4.65. The SMILES string of the molecule is CC(C)(C)C(=O)Nc1cncc(-c2cnc3[nH]nc(-c4nc5c(-c6cc(F)cc(C(N)S(C)(=O)=O)c6)nccc5[nH]4)c3c2)c1. The Kier molecular flexibility index (Phi) is 6.97. The number of fused-ring (bicyclic) bond motifs is 2. The van der Waals surface area contributed by atoms with E-state index in [1.54, 1.807) is 30.9 Å². The van der Waals surface area contributed by atoms with Crippen molar-refractivity contribution in [3.05, 3.63) is 72.6 Å². The van der Waals surface area contributed by atoms with E-state index in [0.717, 1.165) is 23.4 Å². The van der Waals surface area contributed by atoms with Crippen LogP contribution in [0.1, 0.15) is 31.7 Å². The number of carbonyl (C=O) groups excluding carboxylic acids is 1. The van der Waals surface area contributed by atoms with Crippen LogP contribution in [0, 0.1) is 11.2 Å². The molecule has 1 aromatic carbocycles. The first-order valence-corrected chi connectivity index (χ1v) is 15.4. The van der Waals surface area contributed by atoms with E-state index in [4.69, 9.17) is 10.7 Å². The molecule has 1 amide bonds. The molecule has 12 nitrogen and oxygen atoms in total. The topological polar surface area (TPSA) is 185 Å². The quantitative estimate of drug-likeness (QED) is 0.206. The lowest BCUT2D eigenvalue weighted by atomic mass is 9.95. The van der Waals surface area contributed by atoms with Crippen molar-refractivity contribution in [2.45, 2.75) is 26.1 Å². The molecule has 5 N–H and O–H groups in total. The summed E-state index contributed by atoms with van der Waals surface area (Å²) in [4.78, 5) is 33.7. The number of rotatable bonds is 6. The number of anilines is 1. The van der Waals surface area contributed by atoms with Crippen LogP contribution in [0.3, 0.4) is 0 Å². The second kappa shape index (κ2) is 10.6. The number of amides is 1. The summed E-state index contributed by atoms with van der Waals surface area (Å²) in [6.07, 6.45) is 7.48. The van der Waals surface area contributed by atoms with Gasteiger partial charge in [0.15, 0.2) is 21.3 Å². The third-order valence-electron chi connectivity index (χ3n) is 7.04. The van der Waals surface area contributed by atoms with E-state index < -0.39 is 26.4 Å². The molecule has 0 bridgehead atoms. The smallest absolute Gasteiger partial charge is 0.229 e. The van der Waals surface area contributed by atoms with E-state index >= 15 is 0 Å². The molecule has 0 aliphatic carbocycles. The second-order valence-corrected chi connectivity index (χ2v) is 13.7. The largest absolute Gasteiger partial charge is 0.336 e. The van der Waals surface area contributed by atoms with Gasteiger partial charge in [-0.2, -0.15) is 5.10 Å². The Morgan fingerprint density at radius 1 is 1.00 bits per heavy atom. The van der Waals surface area contributed by atoms with Crippen LogP contribution < -0.4 is 11.1 Å². The Hall–Kier alpha value is -5.08. The van der Waals surface area contributed by atoms with Crippen molar-refractivity contribution in [3.63, 3.8) is 0 Å². The minimum Gasteiger partial charge on any atom is -0.336 e. The van der Waals surface area contributed by atoms with Crippen LogP contribution in [0.15, 0.2) is 61.2 Å². The van der Waals surface area contributed by atoms with Gasteiger partial charge in [-0.05, 0) is 42.0 Å². The summed E-state index contributed by atoms with van der Waals surface area (Å²) < 4.78 is 38.7. The highest BCUT2D eigenvalue weighted by Crippen LogP contribution is 2.33. The van der Waals surface area contributed by atoms with Crippen LogP contribution in [0.25, 0.3) is 56.0 Å². The number of nitrogens with two attached hydrogens (primary N) is 1. The number of carbonyl (C=O) groups is 1. The monoisotopic (exact) mass is 613 g/mol. The molecule has 6 rings (SSSR count). The van der Waals surface area contributed by atoms with E-state index in [0.29, 0.717) is 50.5 Å². The zero-order valence-electron chi connectivity index (χ0n) is 24.2. The Morgan fingerprint density at radius 3 is 2.52 bits per heavy atom. The van der Waals surface area contributed by atoms with Crippen LogP contribution in [0.2, 0.25) is 0 Å². The Labute approximate surface area is 251 Å². The summed E-state index contributed by atoms with van der Waals surface area (Å²) in [6.45, 7) is 5.50. The lowest BCUT2D eigenvalue weighted by Gasteiger charge is -2.17. The molecule has 0 saturated heterocycles. The molecule has 0 saturated carbocycles. The Balaban J connectivity index is 1.40. The molecule has 14 heteroatoms. The summed E-state index contributed by atoms with van der Waals surface area (Å²) in [6, 6.07) is 9.28. The molecule has 5 heterocycles. The van der Waals surface area contributed by atoms with Gasteiger partial charge in [-0.1, -0.05) is 20.8 Å². The Bertz CT molecular complexity index is 2190. The number of sulfone groups is 1. The van der Waals surface area contributed by atoms with Crippen molar-refractivity contribution in [2.24, 2.45) is 11.1 Å². The number of halogens is 1. The number of H-pyrrole nitrogens is 2. The minimum absolute atomic E-state index is 0.102. The number of nitrogens with zero attached hydrogens (tertiary/aromatic N) is 5. The molecule has 5 aromatic heterocycles. The number of pyridine rings is 3. The number of hydrogen-bond acceptors (Lipinski definition) is 9. The highest BCUT2D eigenvalue weighted by molar-refractivity contribution is 7.90. The molecule has 0 aliphatic heterocycles. The van der Waals surface area contributed by atoms with Gasteiger partial charge in [0.1, 0.15) is 22.4 Å². The van der Waals surface area contributed by atoms with Gasteiger partial charge < -0.3 is 16.0 Å². The van der Waals surface area contributed by atoms with Gasteiger partial charge >= 0.3 is 0 Å². The highest BCUT2D eigenvalue weighted by atomic mass is 32.2. The first kappa shape index (κ1) is 29.0. The van der Waals surface area contributed by atoms with Crippen LogP contribution in [-0.4, -0.2) is 55.7 Å². The van der Waals surface area contributed by atoms with Gasteiger partial charge in [-0.15, -0.1) is 0 Å². The molecule has 1 unspecified atom stereocenters. The van der Waals surface area contributed by atoms with E-state index in [2.05, 4.69) is 35.5 Å². The minimum atomic E-state index is -3.67. The maximum absolute atomic E-state index is 14.6. The van der Waals surface area contributed by atoms with Gasteiger partial charge in [0.05, 0.1) is 28.5 Å². The molecule has 0 fully saturated rings. The predicted octanol–water partition coefficient (Wildman–Crippen LogP) is 4.75. The number of benzene rings is 1. The number of hydrogen-bond donors (Lipinski definition) is 4. The molecule has 1 atom stereocenters. The van der Waals surface area contributed by atoms with Crippen LogP contribution >= 0.6 is 0 Å². The van der Waals surface area contributed by atoms with Crippen molar-refractivity contribution >= 4 is 43.5 Å². The number of imidazole rings is 1. The third-order valence-corrected chi connectivity index (χ3v) is 8.23. The van der Waals surface area contributed by atoms with Gasteiger partial charge in [0.25, 0.3) is 0 Å². The van der Waals surface area contributed by atoms with Gasteiger partial charge in [-0.3, -0.25) is 19.9 Å². The average molecular weight is 614 g/mol. The third kappa shape index (κ3) is 5.52. The van der Waals surface area contributed by atoms with E-state index in [-0.39, 0.29) is 11.5 Å². The lowest BCUT2D eigenvalue weighted by molar-refractivity contribution is -0.123. The molecule has 0 spiro atoms. The summed E-state index contributed by atoms with van der Waals surface area (Å²) in [5, 5.41) is 9.54. The fraction of sp³-hybridized carbons (Fsp3) is 0.200. The van der Waals surface area contributed by atoms with E-state index in [1.807, 2.05) is 32.9 Å². The van der Waals surface area contributed by atoms with Crippen LogP contribution in [0.5, 0.6) is 0 Å². The summed E-state index contributed by atoms with van der Waals surface area (Å²) >= 11 is 0. The fourth-order valence-corrected chi connectivity index (χ4v) is 5.28. The van der Waals surface area contributed by atoms with Gasteiger partial charge in [0, 0.05) is 47.0 Å². The maximum atomic E-state index is 14.6. The van der Waals surface area contributed by atoms with Crippen molar-refractivity contribution < 1.29 is 17.6 Å². The molecule has 6 aromatic rings. The van der Waals surface area contributed by atoms with Crippen molar-refractivity contribution in [1.82, 2.24) is 35.1 Å². The highest BCUT2D eigenvalue weighted by Gasteiger charge is 2.23.